The predicted octanol–water partition coefficient (Wildman–Crippen LogP) is 5.76. The number of aromatic nitrogens is 3. The van der Waals surface area contributed by atoms with E-state index in [1.54, 1.807) is 0 Å². The van der Waals surface area contributed by atoms with Gasteiger partial charge in [-0.3, -0.25) is 0 Å². The number of rotatable bonds is 0. The minimum atomic E-state index is 0.182. The molecule has 0 aliphatic heterocycles. The summed E-state index contributed by atoms with van der Waals surface area (Å²) in [6, 6.07) is 21.9. The summed E-state index contributed by atoms with van der Waals surface area (Å²) < 4.78 is 0. The third-order valence-electron chi connectivity index (χ3n) is 3.95. The molecule has 116 valence electrons. The average Bonchev–Trinajstić information content (AvgIpc) is 2.63. The molecule has 0 bridgehead atoms. The standard InChI is InChI=1S/C16H10.C3HCl2N3/c1-3-11-7-9-13-5-2-6-14-10-8-12(4-1)15(11)16(13)14;4-2-1-6-8-7-3(2)5/h1-10H;1H. The molecule has 0 saturated heterocycles. The lowest BCUT2D eigenvalue weighted by atomic mass is 9.95. The Morgan fingerprint density at radius 3 is 1.42 bits per heavy atom. The Kier molecular flexibility index (Phi) is 3.89. The van der Waals surface area contributed by atoms with Crippen LogP contribution in [0.2, 0.25) is 10.2 Å². The molecule has 0 fully saturated rings. The number of nitrogens with zero attached hydrogens (tertiary/aromatic N) is 3. The van der Waals surface area contributed by atoms with E-state index in [0.717, 1.165) is 0 Å². The van der Waals surface area contributed by atoms with E-state index in [1.807, 2.05) is 0 Å². The molecule has 0 atom stereocenters. The molecule has 3 nitrogen and oxygen atoms in total. The minimum absolute atomic E-state index is 0.182. The van der Waals surface area contributed by atoms with E-state index in [2.05, 4.69) is 76.1 Å². The molecular formula is C19H11Cl2N3. The van der Waals surface area contributed by atoms with Crippen LogP contribution in [0.15, 0.2) is 66.9 Å². The SMILES string of the molecule is Clc1cnnnc1Cl.c1cc2ccc3cccc4ccc(c1)c2c34. The molecule has 1 heterocycles. The smallest absolute Gasteiger partial charge is 0.137 e. The van der Waals surface area contributed by atoms with Crippen LogP contribution >= 0.6 is 23.2 Å². The minimum Gasteiger partial charge on any atom is -0.137 e. The highest BCUT2D eigenvalue weighted by atomic mass is 35.5. The Balaban J connectivity index is 0.000000155. The van der Waals surface area contributed by atoms with E-state index in [0.29, 0.717) is 5.02 Å². The maximum atomic E-state index is 5.41. The lowest BCUT2D eigenvalue weighted by Gasteiger charge is -2.09. The van der Waals surface area contributed by atoms with Gasteiger partial charge in [0.1, 0.15) is 5.02 Å². The molecule has 0 aliphatic carbocycles. The van der Waals surface area contributed by atoms with Gasteiger partial charge in [0.2, 0.25) is 0 Å². The van der Waals surface area contributed by atoms with E-state index >= 15 is 0 Å². The van der Waals surface area contributed by atoms with Crippen molar-refractivity contribution in [3.8, 4) is 0 Å². The summed E-state index contributed by atoms with van der Waals surface area (Å²) in [4.78, 5) is 0. The van der Waals surface area contributed by atoms with E-state index in [1.165, 1.54) is 38.5 Å². The fraction of sp³-hybridized carbons (Fsp3) is 0. The molecule has 1 aromatic heterocycles. The molecule has 0 amide bonds. The maximum Gasteiger partial charge on any atom is 0.173 e. The predicted molar refractivity (Wildman–Crippen MR) is 100.0 cm³/mol. The molecule has 5 heteroatoms. The van der Waals surface area contributed by atoms with Crippen molar-refractivity contribution in [1.82, 2.24) is 15.4 Å². The molecular weight excluding hydrogens is 341 g/mol. The first-order valence-electron chi connectivity index (χ1n) is 7.36. The summed E-state index contributed by atoms with van der Waals surface area (Å²) in [5.74, 6) is 0. The van der Waals surface area contributed by atoms with Gasteiger partial charge in [0.15, 0.2) is 5.15 Å². The Bertz CT molecular complexity index is 990. The molecule has 0 saturated carbocycles. The number of hydrogen-bond acceptors (Lipinski definition) is 3. The van der Waals surface area contributed by atoms with Gasteiger partial charge in [-0.15, -0.1) is 10.2 Å². The van der Waals surface area contributed by atoms with Gasteiger partial charge < -0.3 is 0 Å². The van der Waals surface area contributed by atoms with E-state index in [9.17, 15) is 0 Å². The fourth-order valence-corrected chi connectivity index (χ4v) is 3.08. The van der Waals surface area contributed by atoms with Gasteiger partial charge >= 0.3 is 0 Å². The van der Waals surface area contributed by atoms with Gasteiger partial charge in [0, 0.05) is 0 Å². The van der Waals surface area contributed by atoms with Gasteiger partial charge in [-0.2, -0.15) is 0 Å². The quantitative estimate of drug-likeness (QED) is 0.333. The van der Waals surface area contributed by atoms with Crippen LogP contribution in [-0.2, 0) is 0 Å². The second kappa shape index (κ2) is 6.19. The van der Waals surface area contributed by atoms with E-state index < -0.39 is 0 Å². The molecule has 0 N–H and O–H groups in total. The van der Waals surface area contributed by atoms with E-state index in [4.69, 9.17) is 23.2 Å². The lowest BCUT2D eigenvalue weighted by Crippen LogP contribution is -1.84. The summed E-state index contributed by atoms with van der Waals surface area (Å²) in [6.07, 6.45) is 1.33. The van der Waals surface area contributed by atoms with Crippen molar-refractivity contribution in [2.24, 2.45) is 0 Å². The zero-order chi connectivity index (χ0) is 16.5. The van der Waals surface area contributed by atoms with Crippen molar-refractivity contribution in [2.75, 3.05) is 0 Å². The summed E-state index contributed by atoms with van der Waals surface area (Å²) in [5, 5.41) is 18.6. The van der Waals surface area contributed by atoms with Gasteiger partial charge in [0.25, 0.3) is 0 Å². The molecule has 24 heavy (non-hydrogen) atoms. The highest BCUT2D eigenvalue weighted by Crippen LogP contribution is 2.33. The van der Waals surface area contributed by atoms with Crippen molar-refractivity contribution < 1.29 is 0 Å². The average molecular weight is 352 g/mol. The normalized spacial score (nSPS) is 10.9. The molecule has 0 radical (unpaired) electrons. The highest BCUT2D eigenvalue weighted by molar-refractivity contribution is 6.40. The highest BCUT2D eigenvalue weighted by Gasteiger charge is 2.05. The summed E-state index contributed by atoms with van der Waals surface area (Å²) >= 11 is 10.8. The summed E-state index contributed by atoms with van der Waals surface area (Å²) in [7, 11) is 0. The van der Waals surface area contributed by atoms with Crippen molar-refractivity contribution in [3.63, 3.8) is 0 Å². The second-order valence-corrected chi connectivity index (χ2v) is 6.13. The van der Waals surface area contributed by atoms with Crippen LogP contribution < -0.4 is 0 Å². The second-order valence-electron chi connectivity index (χ2n) is 5.36. The van der Waals surface area contributed by atoms with Crippen molar-refractivity contribution in [3.05, 3.63) is 77.0 Å². The first-order chi connectivity index (χ1) is 11.7. The van der Waals surface area contributed by atoms with Crippen LogP contribution in [0.25, 0.3) is 32.3 Å². The topological polar surface area (TPSA) is 38.7 Å². The largest absolute Gasteiger partial charge is 0.173 e. The number of halogens is 2. The molecule has 0 spiro atoms. The molecule has 0 aliphatic rings. The van der Waals surface area contributed by atoms with Crippen LogP contribution in [0.4, 0.5) is 0 Å². The fourth-order valence-electron chi connectivity index (χ4n) is 2.91. The molecule has 5 aromatic rings. The number of hydrogen-bond donors (Lipinski definition) is 0. The third-order valence-corrected chi connectivity index (χ3v) is 4.60. The van der Waals surface area contributed by atoms with Crippen LogP contribution in [0.5, 0.6) is 0 Å². The maximum absolute atomic E-state index is 5.41. The number of benzene rings is 4. The van der Waals surface area contributed by atoms with Crippen LogP contribution in [0.1, 0.15) is 0 Å². The molecule has 4 aromatic carbocycles. The Morgan fingerprint density at radius 2 is 1.08 bits per heavy atom. The zero-order valence-corrected chi connectivity index (χ0v) is 14.0. The van der Waals surface area contributed by atoms with Gasteiger partial charge in [-0.05, 0) is 37.5 Å². The third kappa shape index (κ3) is 2.62. The Labute approximate surface area is 148 Å². The van der Waals surface area contributed by atoms with Crippen LogP contribution in [-0.4, -0.2) is 15.4 Å². The van der Waals surface area contributed by atoms with Gasteiger partial charge in [0.05, 0.1) is 6.20 Å². The first kappa shape index (κ1) is 15.1. The Morgan fingerprint density at radius 1 is 0.625 bits per heavy atom. The van der Waals surface area contributed by atoms with Gasteiger partial charge in [-0.25, -0.2) is 0 Å². The van der Waals surface area contributed by atoms with Gasteiger partial charge in [-0.1, -0.05) is 83.9 Å². The first-order valence-corrected chi connectivity index (χ1v) is 8.11. The van der Waals surface area contributed by atoms with Crippen molar-refractivity contribution in [1.29, 1.82) is 0 Å². The molecule has 5 rings (SSSR count). The summed E-state index contributed by atoms with van der Waals surface area (Å²) in [6.45, 7) is 0. The molecule has 0 unspecified atom stereocenters. The Hall–Kier alpha value is -2.49. The van der Waals surface area contributed by atoms with Crippen molar-refractivity contribution >= 4 is 55.5 Å². The van der Waals surface area contributed by atoms with Crippen LogP contribution in [0.3, 0.4) is 0 Å². The summed E-state index contributed by atoms with van der Waals surface area (Å²) in [5.41, 5.74) is 0. The van der Waals surface area contributed by atoms with E-state index in [-0.39, 0.29) is 5.15 Å². The zero-order valence-electron chi connectivity index (χ0n) is 12.4. The monoisotopic (exact) mass is 351 g/mol. The van der Waals surface area contributed by atoms with Crippen LogP contribution in [0, 0.1) is 0 Å². The lowest BCUT2D eigenvalue weighted by molar-refractivity contribution is 0.865. The van der Waals surface area contributed by atoms with Crippen molar-refractivity contribution in [2.45, 2.75) is 0 Å².